The number of aryl methyl sites for hydroxylation is 1. The van der Waals surface area contributed by atoms with Crippen molar-refractivity contribution in [3.63, 3.8) is 0 Å². The highest BCUT2D eigenvalue weighted by molar-refractivity contribution is 7.99. The molecule has 0 saturated carbocycles. The third-order valence-corrected chi connectivity index (χ3v) is 5.04. The van der Waals surface area contributed by atoms with Gasteiger partial charge in [0.15, 0.2) is 0 Å². The van der Waals surface area contributed by atoms with Crippen molar-refractivity contribution in [2.75, 3.05) is 18.1 Å². The molecule has 0 aliphatic carbocycles. The van der Waals surface area contributed by atoms with Gasteiger partial charge in [-0.3, -0.25) is 4.98 Å². The first-order valence-electron chi connectivity index (χ1n) is 7.46. The number of hydrogen-bond acceptors (Lipinski definition) is 3. The van der Waals surface area contributed by atoms with E-state index in [1.807, 2.05) is 6.92 Å². The largest absolute Gasteiger partial charge is 0.312 e. The third-order valence-electron chi connectivity index (χ3n) is 4.00. The Morgan fingerprint density at radius 3 is 2.90 bits per heavy atom. The first-order valence-corrected chi connectivity index (χ1v) is 8.61. The minimum absolute atomic E-state index is 0.876. The van der Waals surface area contributed by atoms with Crippen LogP contribution in [0.5, 0.6) is 0 Å². The van der Waals surface area contributed by atoms with Gasteiger partial charge in [0.05, 0.1) is 5.52 Å². The van der Waals surface area contributed by atoms with E-state index < -0.39 is 0 Å². The molecule has 1 aromatic carbocycles. The number of pyridine rings is 1. The quantitative estimate of drug-likeness (QED) is 0.926. The van der Waals surface area contributed by atoms with Crippen LogP contribution in [0.1, 0.15) is 24.1 Å². The Morgan fingerprint density at radius 1 is 1.20 bits per heavy atom. The fourth-order valence-electron chi connectivity index (χ4n) is 2.76. The van der Waals surface area contributed by atoms with Crippen LogP contribution in [-0.2, 0) is 6.54 Å². The molecule has 0 unspecified atom stereocenters. The second-order valence-corrected chi connectivity index (χ2v) is 6.89. The smallest absolute Gasteiger partial charge is 0.0705 e. The summed E-state index contributed by atoms with van der Waals surface area (Å²) in [6.07, 6.45) is 2.75. The summed E-state index contributed by atoms with van der Waals surface area (Å²) >= 11 is 2.10. The minimum atomic E-state index is 0.876. The van der Waals surface area contributed by atoms with Crippen LogP contribution in [0, 0.1) is 12.8 Å². The highest BCUT2D eigenvalue weighted by Crippen LogP contribution is 2.22. The van der Waals surface area contributed by atoms with Crippen LogP contribution in [0.25, 0.3) is 10.9 Å². The van der Waals surface area contributed by atoms with Gasteiger partial charge in [-0.05, 0) is 67.5 Å². The van der Waals surface area contributed by atoms with Crippen molar-refractivity contribution in [3.05, 3.63) is 41.6 Å². The predicted octanol–water partition coefficient (Wildman–Crippen LogP) is 3.78. The molecule has 106 valence electrons. The molecule has 0 spiro atoms. The maximum Gasteiger partial charge on any atom is 0.0705 e. The first kappa shape index (κ1) is 13.9. The molecule has 1 aliphatic heterocycles. The molecule has 2 nitrogen and oxygen atoms in total. The number of rotatable bonds is 4. The number of benzene rings is 1. The molecular weight excluding hydrogens is 264 g/mol. The maximum absolute atomic E-state index is 4.55. The standard InChI is InChI=1S/C17H22N2S/c1-13-2-4-16-10-15(3-5-17(16)19-13)12-18-11-14-6-8-20-9-7-14/h2-5,10,14,18H,6-9,11-12H2,1H3. The Labute approximate surface area is 125 Å². The molecule has 0 amide bonds. The number of hydrogen-bond donors (Lipinski definition) is 1. The molecular formula is C17H22N2S. The molecule has 1 fully saturated rings. The van der Waals surface area contributed by atoms with Gasteiger partial charge < -0.3 is 5.32 Å². The van der Waals surface area contributed by atoms with Crippen molar-refractivity contribution < 1.29 is 0 Å². The molecule has 1 aliphatic rings. The lowest BCUT2D eigenvalue weighted by Gasteiger charge is -2.21. The molecule has 0 atom stereocenters. The Morgan fingerprint density at radius 2 is 2.05 bits per heavy atom. The molecule has 1 N–H and O–H groups in total. The van der Waals surface area contributed by atoms with Gasteiger partial charge in [0, 0.05) is 17.6 Å². The van der Waals surface area contributed by atoms with Crippen LogP contribution in [0.2, 0.25) is 0 Å². The minimum Gasteiger partial charge on any atom is -0.312 e. The van der Waals surface area contributed by atoms with E-state index in [1.165, 1.54) is 35.3 Å². The molecule has 0 radical (unpaired) electrons. The fourth-order valence-corrected chi connectivity index (χ4v) is 3.96. The summed E-state index contributed by atoms with van der Waals surface area (Å²) in [6.45, 7) is 4.16. The van der Waals surface area contributed by atoms with Gasteiger partial charge in [0.25, 0.3) is 0 Å². The Hall–Kier alpha value is -1.06. The zero-order valence-electron chi connectivity index (χ0n) is 12.1. The van der Waals surface area contributed by atoms with Gasteiger partial charge in [-0.25, -0.2) is 0 Å². The summed E-state index contributed by atoms with van der Waals surface area (Å²) in [7, 11) is 0. The van der Waals surface area contributed by atoms with E-state index in [-0.39, 0.29) is 0 Å². The molecule has 3 rings (SSSR count). The topological polar surface area (TPSA) is 24.9 Å². The monoisotopic (exact) mass is 286 g/mol. The lowest BCUT2D eigenvalue weighted by atomic mass is 10.0. The summed E-state index contributed by atoms with van der Waals surface area (Å²) in [5.41, 5.74) is 3.53. The molecule has 1 aromatic heterocycles. The zero-order chi connectivity index (χ0) is 13.8. The number of thioether (sulfide) groups is 1. The van der Waals surface area contributed by atoms with E-state index in [1.54, 1.807) is 0 Å². The van der Waals surface area contributed by atoms with Crippen LogP contribution < -0.4 is 5.32 Å². The highest BCUT2D eigenvalue weighted by Gasteiger charge is 2.12. The molecule has 3 heteroatoms. The fraction of sp³-hybridized carbons (Fsp3) is 0.471. The van der Waals surface area contributed by atoms with Gasteiger partial charge in [-0.2, -0.15) is 11.8 Å². The van der Waals surface area contributed by atoms with E-state index in [0.29, 0.717) is 0 Å². The average Bonchev–Trinajstić information content (AvgIpc) is 2.48. The lowest BCUT2D eigenvalue weighted by Crippen LogP contribution is -2.25. The second-order valence-electron chi connectivity index (χ2n) is 5.67. The van der Waals surface area contributed by atoms with Crippen LogP contribution in [0.15, 0.2) is 30.3 Å². The molecule has 1 saturated heterocycles. The summed E-state index contributed by atoms with van der Waals surface area (Å²) in [5, 5.41) is 4.86. The SMILES string of the molecule is Cc1ccc2cc(CNCC3CCSCC3)ccc2n1. The van der Waals surface area contributed by atoms with E-state index in [0.717, 1.165) is 30.2 Å². The van der Waals surface area contributed by atoms with Crippen molar-refractivity contribution in [3.8, 4) is 0 Å². The predicted molar refractivity (Wildman–Crippen MR) is 88.2 cm³/mol. The maximum atomic E-state index is 4.55. The van der Waals surface area contributed by atoms with E-state index in [9.17, 15) is 0 Å². The van der Waals surface area contributed by atoms with Crippen LogP contribution >= 0.6 is 11.8 Å². The number of nitrogens with zero attached hydrogens (tertiary/aromatic N) is 1. The molecule has 2 aromatic rings. The van der Waals surface area contributed by atoms with Gasteiger partial charge in [0.1, 0.15) is 0 Å². The van der Waals surface area contributed by atoms with E-state index in [2.05, 4.69) is 52.4 Å². The van der Waals surface area contributed by atoms with Crippen molar-refractivity contribution in [1.29, 1.82) is 0 Å². The van der Waals surface area contributed by atoms with Gasteiger partial charge in [-0.1, -0.05) is 12.1 Å². The van der Waals surface area contributed by atoms with Gasteiger partial charge in [-0.15, -0.1) is 0 Å². The summed E-state index contributed by atoms with van der Waals surface area (Å²) < 4.78 is 0. The first-order chi connectivity index (χ1) is 9.81. The average molecular weight is 286 g/mol. The van der Waals surface area contributed by atoms with E-state index >= 15 is 0 Å². The van der Waals surface area contributed by atoms with Crippen molar-refractivity contribution in [1.82, 2.24) is 10.3 Å². The van der Waals surface area contributed by atoms with Crippen molar-refractivity contribution >= 4 is 22.7 Å². The van der Waals surface area contributed by atoms with E-state index in [4.69, 9.17) is 0 Å². The summed E-state index contributed by atoms with van der Waals surface area (Å²) in [4.78, 5) is 4.55. The molecule has 2 heterocycles. The summed E-state index contributed by atoms with van der Waals surface area (Å²) in [5.74, 6) is 3.56. The molecule has 20 heavy (non-hydrogen) atoms. The number of aromatic nitrogens is 1. The number of fused-ring (bicyclic) bond motifs is 1. The number of nitrogens with one attached hydrogen (secondary N) is 1. The Bertz CT molecular complexity index is 576. The van der Waals surface area contributed by atoms with Gasteiger partial charge >= 0.3 is 0 Å². The van der Waals surface area contributed by atoms with Crippen molar-refractivity contribution in [2.45, 2.75) is 26.3 Å². The molecule has 0 bridgehead atoms. The zero-order valence-corrected chi connectivity index (χ0v) is 12.9. The Kier molecular flexibility index (Phi) is 4.58. The second kappa shape index (κ2) is 6.59. The van der Waals surface area contributed by atoms with Gasteiger partial charge in [0.2, 0.25) is 0 Å². The third kappa shape index (κ3) is 3.53. The Balaban J connectivity index is 1.58. The summed E-state index contributed by atoms with van der Waals surface area (Å²) in [6, 6.07) is 10.8. The normalized spacial score (nSPS) is 16.6. The van der Waals surface area contributed by atoms with Crippen LogP contribution in [0.3, 0.4) is 0 Å². The van der Waals surface area contributed by atoms with Crippen molar-refractivity contribution in [2.24, 2.45) is 5.92 Å². The van der Waals surface area contributed by atoms with Crippen LogP contribution in [0.4, 0.5) is 0 Å². The van der Waals surface area contributed by atoms with Crippen LogP contribution in [-0.4, -0.2) is 23.0 Å². The highest BCUT2D eigenvalue weighted by atomic mass is 32.2. The lowest BCUT2D eigenvalue weighted by molar-refractivity contribution is 0.448.